The number of Topliss-reactive ketones (excluding diaryl/α,β-unsaturated/α-hetero) is 1. The molecule has 1 unspecified atom stereocenters. The number of carbonyl (C=O) groups is 10. The molecule has 2 saturated carbocycles. The van der Waals surface area contributed by atoms with Crippen LogP contribution < -0.4 is 42.8 Å². The molecule has 2 aromatic carbocycles. The van der Waals surface area contributed by atoms with E-state index in [9.17, 15) is 52.7 Å². The van der Waals surface area contributed by atoms with E-state index >= 15 is 4.39 Å². The highest BCUT2D eigenvalue weighted by molar-refractivity contribution is 5.96. The number of imide groups is 1. The van der Waals surface area contributed by atoms with E-state index < -0.39 is 23.3 Å². The number of aromatic nitrogens is 2. The number of allylic oxidation sites excluding steroid dienone is 1. The Hall–Kier alpha value is -8.51. The molecule has 8 rings (SSSR count). The van der Waals surface area contributed by atoms with E-state index in [0.717, 1.165) is 50.9 Å². The number of ether oxygens (including phenoxy) is 1. The number of likely N-dealkylation sites (N-methyl/N-ethyl adjacent to an activating group) is 2. The zero-order valence-electron chi connectivity index (χ0n) is 51.3. The summed E-state index contributed by atoms with van der Waals surface area (Å²) in [4.78, 5) is 130. The number of aryl methyl sites for hydroxylation is 2. The number of nitrogens with zero attached hydrogens (tertiary/aromatic N) is 3. The molecule has 4 aliphatic rings. The molecule has 24 heteroatoms. The Balaban J connectivity index is 0.000000312. The van der Waals surface area contributed by atoms with Gasteiger partial charge in [-0.15, -0.1) is 0 Å². The number of pyridine rings is 2. The smallest absolute Gasteiger partial charge is 0.317 e. The Labute approximate surface area is 506 Å². The molecule has 1 aliphatic heterocycles. The molecule has 23 nitrogen and oxygen atoms in total. The first-order valence-corrected chi connectivity index (χ1v) is 29.4. The summed E-state index contributed by atoms with van der Waals surface area (Å²) >= 11 is 0. The van der Waals surface area contributed by atoms with Crippen LogP contribution in [0.5, 0.6) is 0 Å². The third-order valence-corrected chi connectivity index (χ3v) is 15.1. The molecule has 0 saturated heterocycles. The number of carbonyl (C=O) groups excluding carboxylic acids is 9. The first-order chi connectivity index (χ1) is 41.6. The lowest BCUT2D eigenvalue weighted by atomic mass is 9.81. The summed E-state index contributed by atoms with van der Waals surface area (Å²) in [6.45, 7) is 17.9. The molecule has 0 radical (unpaired) electrons. The Morgan fingerprint density at radius 2 is 1.59 bits per heavy atom. The van der Waals surface area contributed by atoms with E-state index in [1.165, 1.54) is 23.8 Å². The van der Waals surface area contributed by atoms with Crippen molar-refractivity contribution in [3.05, 3.63) is 110 Å². The number of aliphatic carboxylic acids is 1. The lowest BCUT2D eigenvalue weighted by Gasteiger charge is -2.31. The summed E-state index contributed by atoms with van der Waals surface area (Å²) in [6.07, 6.45) is 10.8. The van der Waals surface area contributed by atoms with Gasteiger partial charge in [0.05, 0.1) is 54.6 Å². The van der Waals surface area contributed by atoms with Crippen LogP contribution in [0.4, 0.5) is 4.39 Å². The fraction of sp³-hybridized carbons (Fsp3) is 0.492. The number of nitrogens with one attached hydrogen (secondary N) is 7. The van der Waals surface area contributed by atoms with Crippen molar-refractivity contribution in [3.8, 4) is 11.4 Å². The average molecular weight is 1210 g/mol. The van der Waals surface area contributed by atoms with Gasteiger partial charge in [0.15, 0.2) is 0 Å². The zero-order valence-corrected chi connectivity index (χ0v) is 51.3. The molecule has 8 amide bonds. The van der Waals surface area contributed by atoms with Crippen molar-refractivity contribution >= 4 is 71.9 Å². The van der Waals surface area contributed by atoms with Gasteiger partial charge >= 0.3 is 5.97 Å². The molecular weight excluding hydrogens is 1120 g/mol. The number of ketones is 1. The van der Waals surface area contributed by atoms with Crippen molar-refractivity contribution in [1.82, 2.24) is 51.7 Å². The molecule has 4 aromatic rings. The number of carboxylic acid groups (broad SMARTS) is 1. The van der Waals surface area contributed by atoms with Crippen molar-refractivity contribution < 1.29 is 62.2 Å². The summed E-state index contributed by atoms with van der Waals surface area (Å²) in [5.41, 5.74) is 7.13. The van der Waals surface area contributed by atoms with E-state index in [1.807, 2.05) is 45.0 Å². The number of amides is 8. The van der Waals surface area contributed by atoms with Gasteiger partial charge < -0.3 is 51.6 Å². The van der Waals surface area contributed by atoms with E-state index in [-0.39, 0.29) is 85.9 Å². The number of hydrogen-bond donors (Lipinski definition) is 8. The van der Waals surface area contributed by atoms with Gasteiger partial charge in [0.25, 0.3) is 11.5 Å². The van der Waals surface area contributed by atoms with Gasteiger partial charge in [-0.05, 0) is 147 Å². The molecule has 2 fully saturated rings. The van der Waals surface area contributed by atoms with Gasteiger partial charge in [0.2, 0.25) is 43.4 Å². The number of hydrogen-bond acceptors (Lipinski definition) is 14. The van der Waals surface area contributed by atoms with Crippen LogP contribution in [0.1, 0.15) is 138 Å². The summed E-state index contributed by atoms with van der Waals surface area (Å²) in [7, 11) is 0. The number of carboxylic acids is 1. The van der Waals surface area contributed by atoms with E-state index in [4.69, 9.17) is 14.8 Å². The van der Waals surface area contributed by atoms with Crippen molar-refractivity contribution in [1.29, 1.82) is 0 Å². The second-order valence-corrected chi connectivity index (χ2v) is 21.7. The van der Waals surface area contributed by atoms with E-state index in [2.05, 4.69) is 56.3 Å². The van der Waals surface area contributed by atoms with Crippen molar-refractivity contribution in [2.75, 3.05) is 46.1 Å². The molecule has 472 valence electrons. The Bertz CT molecular complexity index is 3160. The normalized spacial score (nSPS) is 15.3. The molecular formula is C63H85FN10O13. The summed E-state index contributed by atoms with van der Waals surface area (Å²) in [5, 5.41) is 27.3. The number of halogens is 1. The molecule has 87 heavy (non-hydrogen) atoms. The fourth-order valence-corrected chi connectivity index (χ4v) is 10.1. The quantitative estimate of drug-likeness (QED) is 0.0158. The molecule has 3 aliphatic carbocycles. The first kappa shape index (κ1) is 71.0. The molecule has 4 atom stereocenters. The minimum absolute atomic E-state index is 0.0311. The lowest BCUT2D eigenvalue weighted by Crippen LogP contribution is -2.43. The van der Waals surface area contributed by atoms with Crippen LogP contribution in [-0.4, -0.2) is 139 Å². The number of rotatable bonds is 27. The molecule has 3 heterocycles. The highest BCUT2D eigenvalue weighted by Crippen LogP contribution is 2.49. The summed E-state index contributed by atoms with van der Waals surface area (Å²) < 4.78 is 22.6. The maximum atomic E-state index is 15.3. The van der Waals surface area contributed by atoms with Gasteiger partial charge in [0, 0.05) is 54.2 Å². The average Bonchev–Trinajstić information content (AvgIpc) is 1.78. The van der Waals surface area contributed by atoms with Crippen LogP contribution in [0.15, 0.2) is 59.4 Å². The van der Waals surface area contributed by atoms with Crippen molar-refractivity contribution in [2.24, 2.45) is 11.3 Å². The van der Waals surface area contributed by atoms with Gasteiger partial charge in [-0.25, -0.2) is 9.37 Å². The van der Waals surface area contributed by atoms with Crippen molar-refractivity contribution in [2.45, 2.75) is 144 Å². The van der Waals surface area contributed by atoms with Crippen LogP contribution in [0.3, 0.4) is 0 Å². The van der Waals surface area contributed by atoms with Crippen molar-refractivity contribution in [3.63, 3.8) is 0 Å². The predicted molar refractivity (Wildman–Crippen MR) is 325 cm³/mol. The third kappa shape index (κ3) is 20.3. The minimum atomic E-state index is -0.982. The Morgan fingerprint density at radius 3 is 2.13 bits per heavy atom. The van der Waals surface area contributed by atoms with E-state index in [1.54, 1.807) is 39.2 Å². The standard InChI is InChI=1S/C35H39FN4O5.C10H16N2O4.C7H8.C6H12N2O2.C5H10N2O2/c1-4-21(19(3)42)23-12-29-32-25(14-40(29)33(43)24(23)11-20-5-6-20)31-27(39-34(44)35(9-10-35)15-45-17-37-16-41)8-7-22-18(2)26(36)13-28(38-32)30(22)31;1-3-4-9(14)12(7-13)8(2)5-11-6-10(15)16;1-7-5-3-2-4-6-7;1-3-7-6(10)5(2)8-4-9;1-2-7-5(9)3-6-4-8/h12-13,16,20-21,27H,4-11,14-15,17H2,1-3H3,(H,37,41)(H,39,44);3-4,7-8,11H,5-6H2,1-2H3,(H,15,16);2-6H,1H3;4-5H,3H2,1-2H3,(H,7,10)(H,8,9);4H,2-3H2,1H3,(H,6,8)(H,7,9)/b;4-3-;;;/t21-,27-;8-;;;/m01.../s1. The third-order valence-electron chi connectivity index (χ3n) is 15.1. The van der Waals surface area contributed by atoms with Gasteiger partial charge in [-0.1, -0.05) is 48.9 Å². The maximum Gasteiger partial charge on any atom is 0.317 e. The summed E-state index contributed by atoms with van der Waals surface area (Å²) in [5.74, 6) is -2.03. The topological polar surface area (TPSA) is 322 Å². The molecule has 8 N–H and O–H groups in total. The van der Waals surface area contributed by atoms with Gasteiger partial charge in [0.1, 0.15) is 24.4 Å². The zero-order chi connectivity index (χ0) is 64.4. The Kier molecular flexibility index (Phi) is 28.7. The maximum absolute atomic E-state index is 15.3. The lowest BCUT2D eigenvalue weighted by molar-refractivity contribution is -0.137. The minimum Gasteiger partial charge on any atom is -0.480 e. The van der Waals surface area contributed by atoms with Crippen LogP contribution in [0, 0.1) is 31.0 Å². The molecule has 0 bridgehead atoms. The monoisotopic (exact) mass is 1210 g/mol. The van der Waals surface area contributed by atoms with E-state index in [0.29, 0.717) is 112 Å². The summed E-state index contributed by atoms with van der Waals surface area (Å²) in [6, 6.07) is 12.5. The first-order valence-electron chi connectivity index (χ1n) is 29.4. The number of benzene rings is 2. The SMILES string of the molecule is C/C=C\C(=O)N(C=O)[C@H](C)CNCC(=O)O.CCNC(=O)C(C)NC=O.CCNC(=O)CNC=O.CC[C@@H](C(C)=O)c1cc2n(c(=O)c1CC1CC1)Cc1c-2nc2cc(F)c(C)c3c2c1[C@@H](NC(=O)C1(COCNC=O)CC1)CC3.Cc1ccccc1. The van der Waals surface area contributed by atoms with Crippen LogP contribution in [0.2, 0.25) is 0 Å². The largest absolute Gasteiger partial charge is 0.480 e. The highest BCUT2D eigenvalue weighted by Gasteiger charge is 2.51. The van der Waals surface area contributed by atoms with Crippen LogP contribution >= 0.6 is 0 Å². The second-order valence-electron chi connectivity index (χ2n) is 21.7. The molecule has 0 spiro atoms. The van der Waals surface area contributed by atoms with Gasteiger partial charge in [-0.2, -0.15) is 0 Å². The Morgan fingerprint density at radius 1 is 0.908 bits per heavy atom. The second kappa shape index (κ2) is 35.2. The number of fused-ring (bicyclic) bond motifs is 4. The molecule has 2 aromatic heterocycles. The fourth-order valence-electron chi connectivity index (χ4n) is 10.1. The predicted octanol–water partition coefficient (Wildman–Crippen LogP) is 4.24. The van der Waals surface area contributed by atoms with Gasteiger partial charge in [-0.3, -0.25) is 57.6 Å². The highest BCUT2D eigenvalue weighted by atomic mass is 19.1. The van der Waals surface area contributed by atoms with Crippen LogP contribution in [-0.2, 0) is 72.1 Å². The van der Waals surface area contributed by atoms with Crippen LogP contribution in [0.25, 0.3) is 22.3 Å².